The normalized spacial score (nSPS) is 10.1. The molecule has 1 N–H and O–H groups in total. The maximum atomic E-state index is 10.8. The van der Waals surface area contributed by atoms with Crippen LogP contribution < -0.4 is 0 Å². The van der Waals surface area contributed by atoms with E-state index in [0.717, 1.165) is 14.7 Å². The van der Waals surface area contributed by atoms with Crippen molar-refractivity contribution in [3.05, 3.63) is 32.4 Å². The van der Waals surface area contributed by atoms with Gasteiger partial charge in [0.2, 0.25) is 0 Å². The third-order valence-electron chi connectivity index (χ3n) is 1.80. The minimum absolute atomic E-state index is 0.381. The van der Waals surface area contributed by atoms with Gasteiger partial charge in [0.1, 0.15) is 0 Å². The number of benzene rings is 1. The maximum Gasteiger partial charge on any atom is 0.336 e. The van der Waals surface area contributed by atoms with Crippen molar-refractivity contribution in [1.82, 2.24) is 0 Å². The molecule has 0 aliphatic rings. The lowest BCUT2D eigenvalue weighted by Crippen LogP contribution is -2.04. The first-order chi connectivity index (χ1) is 6.07. The summed E-state index contributed by atoms with van der Waals surface area (Å²) in [7, 11) is 0. The second-order valence-electron chi connectivity index (χ2n) is 2.66. The van der Waals surface area contributed by atoms with Crippen molar-refractivity contribution < 1.29 is 9.90 Å². The van der Waals surface area contributed by atoms with E-state index in [1.165, 1.54) is 0 Å². The quantitative estimate of drug-likeness (QED) is 0.654. The summed E-state index contributed by atoms with van der Waals surface area (Å²) in [5.74, 6) is -0.868. The first-order valence-electron chi connectivity index (χ1n) is 3.65. The van der Waals surface area contributed by atoms with Gasteiger partial charge in [0.25, 0.3) is 0 Å². The molecule has 0 bridgehead atoms. The van der Waals surface area contributed by atoms with Crippen LogP contribution in [0.2, 0.25) is 0 Å². The molecular formula is C9H8BrIO2. The van der Waals surface area contributed by atoms with E-state index >= 15 is 0 Å². The van der Waals surface area contributed by atoms with Crippen LogP contribution in [-0.4, -0.2) is 11.1 Å². The number of hydrogen-bond acceptors (Lipinski definition) is 1. The van der Waals surface area contributed by atoms with Crippen LogP contribution in [0.5, 0.6) is 0 Å². The smallest absolute Gasteiger partial charge is 0.336 e. The second kappa shape index (κ2) is 4.41. The molecule has 0 aromatic heterocycles. The highest BCUT2D eigenvalue weighted by molar-refractivity contribution is 14.1. The molecule has 0 aliphatic heterocycles. The molecule has 70 valence electrons. The highest BCUT2D eigenvalue weighted by Crippen LogP contribution is 2.23. The zero-order valence-corrected chi connectivity index (χ0v) is 10.7. The van der Waals surface area contributed by atoms with Gasteiger partial charge in [0, 0.05) is 8.90 Å². The molecule has 0 saturated carbocycles. The van der Waals surface area contributed by atoms with Crippen LogP contribution in [0.15, 0.2) is 12.1 Å². The molecule has 0 aliphatic carbocycles. The number of carboxylic acids is 1. The van der Waals surface area contributed by atoms with Crippen LogP contribution in [0.3, 0.4) is 0 Å². The molecule has 1 aromatic carbocycles. The van der Waals surface area contributed by atoms with Crippen molar-refractivity contribution >= 4 is 44.5 Å². The van der Waals surface area contributed by atoms with Gasteiger partial charge < -0.3 is 5.11 Å². The third kappa shape index (κ3) is 2.22. The van der Waals surface area contributed by atoms with Crippen molar-refractivity contribution in [3.8, 4) is 0 Å². The SMILES string of the molecule is Cc1ccc(C(=O)O)c(CBr)c1I. The summed E-state index contributed by atoms with van der Waals surface area (Å²) in [4.78, 5) is 10.8. The zero-order valence-electron chi connectivity index (χ0n) is 6.97. The number of halogens is 2. The predicted molar refractivity (Wildman–Crippen MR) is 63.5 cm³/mol. The second-order valence-corrected chi connectivity index (χ2v) is 4.30. The zero-order chi connectivity index (χ0) is 10.0. The Morgan fingerprint density at radius 3 is 2.69 bits per heavy atom. The summed E-state index contributed by atoms with van der Waals surface area (Å²) in [5.41, 5.74) is 2.35. The molecule has 1 aromatic rings. The fraction of sp³-hybridized carbons (Fsp3) is 0.222. The molecule has 13 heavy (non-hydrogen) atoms. The van der Waals surface area contributed by atoms with E-state index in [4.69, 9.17) is 5.11 Å². The average molecular weight is 355 g/mol. The molecule has 0 spiro atoms. The minimum atomic E-state index is -0.868. The van der Waals surface area contributed by atoms with E-state index in [1.54, 1.807) is 6.07 Å². The van der Waals surface area contributed by atoms with Gasteiger partial charge in [-0.15, -0.1) is 0 Å². The summed E-state index contributed by atoms with van der Waals surface area (Å²) in [5, 5.41) is 9.47. The Morgan fingerprint density at radius 2 is 2.23 bits per heavy atom. The lowest BCUT2D eigenvalue weighted by molar-refractivity contribution is 0.0696. The van der Waals surface area contributed by atoms with Crippen LogP contribution in [-0.2, 0) is 5.33 Å². The molecule has 0 heterocycles. The van der Waals surface area contributed by atoms with E-state index < -0.39 is 5.97 Å². The van der Waals surface area contributed by atoms with Gasteiger partial charge in [0.15, 0.2) is 0 Å². The number of rotatable bonds is 2. The monoisotopic (exact) mass is 354 g/mol. The Hall–Kier alpha value is -0.100. The average Bonchev–Trinajstić information content (AvgIpc) is 2.09. The summed E-state index contributed by atoms with van der Waals surface area (Å²) in [6.45, 7) is 1.97. The number of hydrogen-bond donors (Lipinski definition) is 1. The van der Waals surface area contributed by atoms with E-state index in [9.17, 15) is 4.79 Å². The molecule has 0 radical (unpaired) electrons. The van der Waals surface area contributed by atoms with Gasteiger partial charge in [-0.05, 0) is 46.7 Å². The Morgan fingerprint density at radius 1 is 1.62 bits per heavy atom. The van der Waals surface area contributed by atoms with Gasteiger partial charge in [-0.25, -0.2) is 4.79 Å². The lowest BCUT2D eigenvalue weighted by Gasteiger charge is -2.07. The van der Waals surface area contributed by atoms with Crippen LogP contribution >= 0.6 is 38.5 Å². The summed E-state index contributed by atoms with van der Waals surface area (Å²) >= 11 is 5.46. The number of carboxylic acid groups (broad SMARTS) is 1. The van der Waals surface area contributed by atoms with Crippen molar-refractivity contribution in [2.75, 3.05) is 0 Å². The molecule has 0 atom stereocenters. The Balaban J connectivity index is 3.38. The number of aryl methyl sites for hydroxylation is 1. The highest BCUT2D eigenvalue weighted by atomic mass is 127. The van der Waals surface area contributed by atoms with Gasteiger partial charge in [0.05, 0.1) is 5.56 Å². The number of alkyl halides is 1. The van der Waals surface area contributed by atoms with Gasteiger partial charge in [-0.1, -0.05) is 22.0 Å². The van der Waals surface area contributed by atoms with Crippen molar-refractivity contribution in [2.24, 2.45) is 0 Å². The Bertz CT molecular complexity index is 350. The molecule has 0 unspecified atom stereocenters. The van der Waals surface area contributed by atoms with Crippen LogP contribution in [0.1, 0.15) is 21.5 Å². The maximum absolute atomic E-state index is 10.8. The molecular weight excluding hydrogens is 347 g/mol. The Labute approximate surface area is 98.6 Å². The van der Waals surface area contributed by atoms with Crippen molar-refractivity contribution in [2.45, 2.75) is 12.3 Å². The van der Waals surface area contributed by atoms with E-state index in [2.05, 4.69) is 38.5 Å². The summed E-state index contributed by atoms with van der Waals surface area (Å²) in [6, 6.07) is 3.48. The van der Waals surface area contributed by atoms with Crippen molar-refractivity contribution in [1.29, 1.82) is 0 Å². The molecule has 0 amide bonds. The third-order valence-corrected chi connectivity index (χ3v) is 3.86. The molecule has 2 nitrogen and oxygen atoms in total. The molecule has 1 rings (SSSR count). The summed E-state index contributed by atoms with van der Waals surface area (Å²) in [6.07, 6.45) is 0. The standard InChI is InChI=1S/C9H8BrIO2/c1-5-2-3-6(9(12)13)7(4-10)8(5)11/h2-3H,4H2,1H3,(H,12,13). The van der Waals surface area contributed by atoms with Crippen LogP contribution in [0.4, 0.5) is 0 Å². The van der Waals surface area contributed by atoms with Gasteiger partial charge in [-0.2, -0.15) is 0 Å². The van der Waals surface area contributed by atoms with Crippen LogP contribution in [0, 0.1) is 10.5 Å². The summed E-state index contributed by atoms with van der Waals surface area (Å²) < 4.78 is 1.02. The van der Waals surface area contributed by atoms with Crippen LogP contribution in [0.25, 0.3) is 0 Å². The van der Waals surface area contributed by atoms with Crippen molar-refractivity contribution in [3.63, 3.8) is 0 Å². The molecule has 0 fully saturated rings. The fourth-order valence-electron chi connectivity index (χ4n) is 1.07. The lowest BCUT2D eigenvalue weighted by atomic mass is 10.1. The number of aromatic carboxylic acids is 1. The largest absolute Gasteiger partial charge is 0.478 e. The predicted octanol–water partition coefficient (Wildman–Crippen LogP) is 3.19. The fourth-order valence-corrected chi connectivity index (χ4v) is 2.84. The highest BCUT2D eigenvalue weighted by Gasteiger charge is 2.12. The minimum Gasteiger partial charge on any atom is -0.478 e. The molecule has 0 saturated heterocycles. The molecule has 4 heteroatoms. The number of carbonyl (C=O) groups is 1. The first-order valence-corrected chi connectivity index (χ1v) is 5.85. The van der Waals surface area contributed by atoms with E-state index in [0.29, 0.717) is 10.9 Å². The van der Waals surface area contributed by atoms with E-state index in [-0.39, 0.29) is 0 Å². The Kier molecular flexibility index (Phi) is 3.73. The van der Waals surface area contributed by atoms with Gasteiger partial charge in [-0.3, -0.25) is 0 Å². The van der Waals surface area contributed by atoms with E-state index in [1.807, 2.05) is 13.0 Å². The topological polar surface area (TPSA) is 37.3 Å². The first kappa shape index (κ1) is 11.0. The van der Waals surface area contributed by atoms with Gasteiger partial charge >= 0.3 is 5.97 Å².